The lowest BCUT2D eigenvalue weighted by molar-refractivity contribution is -0.137. The van der Waals surface area contributed by atoms with Crippen LogP contribution in [-0.4, -0.2) is 39.6 Å². The molecule has 2 amide bonds. The zero-order chi connectivity index (χ0) is 20.3. The number of pyridine rings is 1. The van der Waals surface area contributed by atoms with Gasteiger partial charge in [0.05, 0.1) is 5.41 Å². The van der Waals surface area contributed by atoms with Crippen LogP contribution in [0.4, 0.5) is 4.79 Å². The van der Waals surface area contributed by atoms with Gasteiger partial charge in [0.1, 0.15) is 5.60 Å². The van der Waals surface area contributed by atoms with Gasteiger partial charge >= 0.3 is 6.09 Å². The summed E-state index contributed by atoms with van der Waals surface area (Å²) >= 11 is 3.48. The maximum Gasteiger partial charge on any atom is 0.407 e. The maximum absolute atomic E-state index is 13.5. The summed E-state index contributed by atoms with van der Waals surface area (Å²) < 4.78 is 6.34. The molecule has 4 rings (SSSR count). The first-order valence-corrected chi connectivity index (χ1v) is 10.8. The van der Waals surface area contributed by atoms with Crippen molar-refractivity contribution in [3.8, 4) is 0 Å². The smallest absolute Gasteiger partial charge is 0.407 e. The highest BCUT2D eigenvalue weighted by atomic mass is 79.9. The fraction of sp³-hybridized carbons (Fsp3) is 0.667. The minimum atomic E-state index is -0.523. The van der Waals surface area contributed by atoms with Crippen molar-refractivity contribution in [2.45, 2.75) is 77.6 Å². The number of fused-ring (bicyclic) bond motifs is 2. The monoisotopic (exact) mass is 449 g/mol. The van der Waals surface area contributed by atoms with Crippen LogP contribution >= 0.6 is 15.9 Å². The Kier molecular flexibility index (Phi) is 4.72. The molecule has 2 aliphatic heterocycles. The minimum Gasteiger partial charge on any atom is -0.444 e. The van der Waals surface area contributed by atoms with Crippen molar-refractivity contribution in [2.24, 2.45) is 11.3 Å². The Balaban J connectivity index is 1.50. The number of hydrogen-bond acceptors (Lipinski definition) is 4. The number of nitrogens with zero attached hydrogens (tertiary/aromatic N) is 2. The molecule has 1 aromatic rings. The van der Waals surface area contributed by atoms with E-state index < -0.39 is 11.7 Å². The molecule has 0 radical (unpaired) electrons. The Morgan fingerprint density at radius 2 is 2.18 bits per heavy atom. The largest absolute Gasteiger partial charge is 0.444 e. The van der Waals surface area contributed by atoms with Gasteiger partial charge in [-0.05, 0) is 73.5 Å². The summed E-state index contributed by atoms with van der Waals surface area (Å²) in [4.78, 5) is 32.3. The topological polar surface area (TPSA) is 71.5 Å². The average molecular weight is 450 g/mol. The predicted molar refractivity (Wildman–Crippen MR) is 109 cm³/mol. The first-order chi connectivity index (χ1) is 13.1. The van der Waals surface area contributed by atoms with Gasteiger partial charge in [-0.15, -0.1) is 0 Å². The summed E-state index contributed by atoms with van der Waals surface area (Å²) in [6.07, 6.45) is 4.56. The van der Waals surface area contributed by atoms with Crippen LogP contribution < -0.4 is 5.32 Å². The Hall–Kier alpha value is -1.63. The predicted octanol–water partition coefficient (Wildman–Crippen LogP) is 3.81. The van der Waals surface area contributed by atoms with Gasteiger partial charge in [0.2, 0.25) is 5.91 Å². The van der Waals surface area contributed by atoms with Crippen molar-refractivity contribution in [1.29, 1.82) is 0 Å². The molecule has 3 aliphatic rings. The molecule has 2 unspecified atom stereocenters. The number of alkyl carbamates (subject to hydrolysis) is 1. The van der Waals surface area contributed by atoms with Crippen LogP contribution in [0.1, 0.15) is 58.2 Å². The molecule has 4 atom stereocenters. The molecule has 28 heavy (non-hydrogen) atoms. The fourth-order valence-corrected chi connectivity index (χ4v) is 5.62. The average Bonchev–Trinajstić information content (AvgIpc) is 3.09. The van der Waals surface area contributed by atoms with E-state index in [0.29, 0.717) is 13.0 Å². The lowest BCUT2D eigenvalue weighted by Crippen LogP contribution is -2.41. The molecule has 1 spiro atoms. The Labute approximate surface area is 174 Å². The van der Waals surface area contributed by atoms with Crippen LogP contribution in [0.25, 0.3) is 0 Å². The van der Waals surface area contributed by atoms with E-state index >= 15 is 0 Å². The number of nitrogens with one attached hydrogen (secondary N) is 1. The molecular weight excluding hydrogens is 422 g/mol. The number of aromatic nitrogens is 1. The molecule has 0 bridgehead atoms. The number of ether oxygens (including phenoxy) is 1. The molecule has 1 aromatic heterocycles. The molecule has 1 N–H and O–H groups in total. The van der Waals surface area contributed by atoms with E-state index in [1.54, 1.807) is 0 Å². The van der Waals surface area contributed by atoms with Crippen LogP contribution in [0.2, 0.25) is 0 Å². The van der Waals surface area contributed by atoms with Crippen molar-refractivity contribution < 1.29 is 14.3 Å². The third-order valence-corrected chi connectivity index (χ3v) is 7.01. The second-order valence-corrected chi connectivity index (χ2v) is 10.4. The van der Waals surface area contributed by atoms with Gasteiger partial charge in [-0.2, -0.15) is 0 Å². The minimum absolute atomic E-state index is 0.0164. The van der Waals surface area contributed by atoms with E-state index in [4.69, 9.17) is 4.74 Å². The number of halogens is 1. The van der Waals surface area contributed by atoms with Crippen LogP contribution in [0.3, 0.4) is 0 Å². The molecule has 0 aromatic carbocycles. The lowest BCUT2D eigenvalue weighted by atomic mass is 9.73. The molecule has 6 nitrogen and oxygen atoms in total. The summed E-state index contributed by atoms with van der Waals surface area (Å²) in [6.45, 7) is 8.39. The molecule has 7 heteroatoms. The van der Waals surface area contributed by atoms with Gasteiger partial charge in [0, 0.05) is 41.4 Å². The second kappa shape index (κ2) is 6.71. The third-order valence-electron chi connectivity index (χ3n) is 6.58. The summed E-state index contributed by atoms with van der Waals surface area (Å²) in [6, 6.07) is 2.24. The van der Waals surface area contributed by atoms with Crippen molar-refractivity contribution in [2.75, 3.05) is 0 Å². The van der Waals surface area contributed by atoms with Gasteiger partial charge in [-0.3, -0.25) is 9.78 Å². The first kappa shape index (κ1) is 19.7. The van der Waals surface area contributed by atoms with Gasteiger partial charge in [0.15, 0.2) is 0 Å². The first-order valence-electron chi connectivity index (χ1n) is 10.0. The highest BCUT2D eigenvalue weighted by Crippen LogP contribution is 2.54. The fourth-order valence-electron chi connectivity index (χ4n) is 5.24. The molecule has 2 fully saturated rings. The van der Waals surface area contributed by atoms with E-state index in [1.807, 2.05) is 27.0 Å². The van der Waals surface area contributed by atoms with E-state index in [0.717, 1.165) is 35.0 Å². The van der Waals surface area contributed by atoms with E-state index in [1.165, 1.54) is 0 Å². The molecule has 3 heterocycles. The van der Waals surface area contributed by atoms with Crippen molar-refractivity contribution in [1.82, 2.24) is 15.2 Å². The zero-order valence-electron chi connectivity index (χ0n) is 16.9. The van der Waals surface area contributed by atoms with E-state index in [-0.39, 0.29) is 29.3 Å². The van der Waals surface area contributed by atoms with E-state index in [9.17, 15) is 9.59 Å². The Morgan fingerprint density at radius 1 is 1.43 bits per heavy atom. The summed E-state index contributed by atoms with van der Waals surface area (Å²) in [5.41, 5.74) is 1.32. The quantitative estimate of drug-likeness (QED) is 0.707. The van der Waals surface area contributed by atoms with Gasteiger partial charge in [0.25, 0.3) is 0 Å². The second-order valence-electron chi connectivity index (χ2n) is 9.49. The standard InChI is InChI=1S/C21H28BrN3O3/c1-12-17-8-16-13(7-14(22)10-23-16)11-25(17)18(26)21(12)6-5-15(9-21)24-19(27)28-20(2,3)4/h7,10,12,15,17H,5-6,8-9,11H2,1-4H3,(H,24,27)/t12?,15-,17?,21+/m1/s1. The van der Waals surface area contributed by atoms with Crippen LogP contribution in [0.5, 0.6) is 0 Å². The van der Waals surface area contributed by atoms with Gasteiger partial charge in [-0.1, -0.05) is 6.92 Å². The van der Waals surface area contributed by atoms with Crippen LogP contribution in [-0.2, 0) is 22.5 Å². The highest BCUT2D eigenvalue weighted by Gasteiger charge is 2.60. The Bertz CT molecular complexity index is 822. The summed E-state index contributed by atoms with van der Waals surface area (Å²) in [7, 11) is 0. The number of amides is 2. The van der Waals surface area contributed by atoms with Crippen molar-refractivity contribution in [3.05, 3.63) is 28.0 Å². The molecule has 1 saturated carbocycles. The van der Waals surface area contributed by atoms with E-state index in [2.05, 4.69) is 44.1 Å². The molecule has 152 valence electrons. The molecule has 1 saturated heterocycles. The Morgan fingerprint density at radius 3 is 2.89 bits per heavy atom. The number of rotatable bonds is 1. The normalized spacial score (nSPS) is 31.7. The van der Waals surface area contributed by atoms with Crippen molar-refractivity contribution in [3.63, 3.8) is 0 Å². The number of hydrogen-bond donors (Lipinski definition) is 1. The third kappa shape index (κ3) is 3.31. The number of carbonyl (C=O) groups excluding carboxylic acids is 2. The van der Waals surface area contributed by atoms with Crippen molar-refractivity contribution >= 4 is 27.9 Å². The highest BCUT2D eigenvalue weighted by molar-refractivity contribution is 9.10. The lowest BCUT2D eigenvalue weighted by Gasteiger charge is -2.32. The van der Waals surface area contributed by atoms with Crippen LogP contribution in [0, 0.1) is 11.3 Å². The SMILES string of the molecule is CC1C2Cc3ncc(Br)cc3CN2C(=O)[C@]12CC[C@@H](NC(=O)OC(C)(C)C)C2. The number of carbonyl (C=O) groups is 2. The van der Waals surface area contributed by atoms with Gasteiger partial charge < -0.3 is 15.0 Å². The molecule has 1 aliphatic carbocycles. The van der Waals surface area contributed by atoms with Gasteiger partial charge in [-0.25, -0.2) is 4.79 Å². The van der Waals surface area contributed by atoms with Crippen LogP contribution in [0.15, 0.2) is 16.7 Å². The summed E-state index contributed by atoms with van der Waals surface area (Å²) in [5, 5.41) is 2.98. The molecular formula is C21H28BrN3O3. The maximum atomic E-state index is 13.5. The summed E-state index contributed by atoms with van der Waals surface area (Å²) in [5.74, 6) is 0.480. The zero-order valence-corrected chi connectivity index (χ0v) is 18.5.